The van der Waals surface area contributed by atoms with E-state index in [1.807, 2.05) is 26.2 Å². The zero-order valence-corrected chi connectivity index (χ0v) is 20.6. The van der Waals surface area contributed by atoms with Gasteiger partial charge in [-0.2, -0.15) is 11.8 Å². The van der Waals surface area contributed by atoms with Crippen molar-refractivity contribution in [1.29, 1.82) is 0 Å². The van der Waals surface area contributed by atoms with Gasteiger partial charge >= 0.3 is 0 Å². The summed E-state index contributed by atoms with van der Waals surface area (Å²) >= 11 is 1.54. The number of methoxy groups -OCH3 is 1. The Kier molecular flexibility index (Phi) is 11.0. The normalized spacial score (nSPS) is 11.3. The molecule has 9 nitrogen and oxygen atoms in total. The van der Waals surface area contributed by atoms with Gasteiger partial charge in [0.25, 0.3) is 17.7 Å². The summed E-state index contributed by atoms with van der Waals surface area (Å²) < 4.78 is 16.4. The lowest BCUT2D eigenvalue weighted by molar-refractivity contribution is -0.130. The molecular weight excluding hydrogens is 458 g/mol. The number of para-hydroxylation sites is 1. The maximum atomic E-state index is 12.7. The van der Waals surface area contributed by atoms with Crippen molar-refractivity contribution >= 4 is 29.5 Å². The number of carbonyl (C=O) groups excluding carboxylic acids is 3. The number of hydrogen-bond donors (Lipinski definition) is 3. The third kappa shape index (κ3) is 8.86. The van der Waals surface area contributed by atoms with Crippen LogP contribution >= 0.6 is 11.8 Å². The number of nitrogens with one attached hydrogen (secondary N) is 3. The van der Waals surface area contributed by atoms with E-state index in [9.17, 15) is 14.4 Å². The van der Waals surface area contributed by atoms with Crippen LogP contribution in [0.4, 0.5) is 0 Å². The van der Waals surface area contributed by atoms with Crippen molar-refractivity contribution in [3.05, 3.63) is 54.1 Å². The van der Waals surface area contributed by atoms with Crippen LogP contribution in [0, 0.1) is 0 Å². The van der Waals surface area contributed by atoms with E-state index in [0.717, 1.165) is 0 Å². The van der Waals surface area contributed by atoms with E-state index in [-0.39, 0.29) is 18.3 Å². The van der Waals surface area contributed by atoms with Crippen molar-refractivity contribution in [2.75, 3.05) is 25.7 Å². The van der Waals surface area contributed by atoms with Gasteiger partial charge in [0, 0.05) is 5.56 Å². The fourth-order valence-corrected chi connectivity index (χ4v) is 3.32. The number of rotatable bonds is 12. The van der Waals surface area contributed by atoms with E-state index >= 15 is 0 Å². The molecule has 1 atom stereocenters. The van der Waals surface area contributed by atoms with Crippen molar-refractivity contribution < 1.29 is 28.6 Å². The summed E-state index contributed by atoms with van der Waals surface area (Å²) in [5.74, 6) is 0.580. The van der Waals surface area contributed by atoms with Gasteiger partial charge in [0.15, 0.2) is 18.1 Å². The van der Waals surface area contributed by atoms with E-state index in [1.54, 1.807) is 36.4 Å². The summed E-state index contributed by atoms with van der Waals surface area (Å²) in [5.41, 5.74) is 5.02. The first-order valence-electron chi connectivity index (χ1n) is 10.7. The first kappa shape index (κ1) is 26.8. The van der Waals surface area contributed by atoms with Gasteiger partial charge in [0.05, 0.1) is 13.2 Å². The van der Waals surface area contributed by atoms with Crippen LogP contribution in [0.5, 0.6) is 17.2 Å². The number of hydrogen-bond acceptors (Lipinski definition) is 7. The Morgan fingerprint density at radius 1 is 1.00 bits per heavy atom. The summed E-state index contributed by atoms with van der Waals surface area (Å²) in [6.45, 7) is 3.54. The summed E-state index contributed by atoms with van der Waals surface area (Å²) in [6, 6.07) is 12.8. The van der Waals surface area contributed by atoms with Crippen LogP contribution in [0.1, 0.15) is 30.6 Å². The maximum Gasteiger partial charge on any atom is 0.269 e. The molecule has 0 heterocycles. The average Bonchev–Trinajstić information content (AvgIpc) is 2.84. The number of amides is 3. The smallest absolute Gasteiger partial charge is 0.269 e. The predicted octanol–water partition coefficient (Wildman–Crippen LogP) is 2.56. The van der Waals surface area contributed by atoms with Gasteiger partial charge in [-0.15, -0.1) is 0 Å². The Labute approximate surface area is 203 Å². The topological polar surface area (TPSA) is 115 Å². The zero-order valence-electron chi connectivity index (χ0n) is 19.8. The van der Waals surface area contributed by atoms with Crippen molar-refractivity contribution in [3.63, 3.8) is 0 Å². The van der Waals surface area contributed by atoms with Gasteiger partial charge < -0.3 is 19.5 Å². The number of carbonyl (C=O) groups is 3. The van der Waals surface area contributed by atoms with Crippen molar-refractivity contribution in [2.24, 2.45) is 0 Å². The second-order valence-corrected chi connectivity index (χ2v) is 8.46. The largest absolute Gasteiger partial charge is 0.493 e. The van der Waals surface area contributed by atoms with Crippen molar-refractivity contribution in [2.45, 2.75) is 32.4 Å². The standard InChI is InChI=1S/C24H31N3O6S/c1-16(2)33-20-11-10-17(14-21(20)31-3)23(29)26-27-24(30)19(12-13-34-4)25-22(28)15-32-18-8-6-5-7-9-18/h5-11,14,16,19H,12-13,15H2,1-4H3,(H,25,28)(H,26,29)(H,27,30). The van der Waals surface area contributed by atoms with Crippen LogP contribution in [0.2, 0.25) is 0 Å². The molecule has 0 saturated heterocycles. The van der Waals surface area contributed by atoms with E-state index in [1.165, 1.54) is 24.9 Å². The van der Waals surface area contributed by atoms with Crippen LogP contribution in [-0.2, 0) is 9.59 Å². The Morgan fingerprint density at radius 3 is 2.38 bits per heavy atom. The van der Waals surface area contributed by atoms with Crippen LogP contribution in [0.15, 0.2) is 48.5 Å². The lowest BCUT2D eigenvalue weighted by atomic mass is 10.2. The van der Waals surface area contributed by atoms with Gasteiger partial charge in [-0.1, -0.05) is 18.2 Å². The van der Waals surface area contributed by atoms with Gasteiger partial charge in [-0.05, 0) is 62.6 Å². The van der Waals surface area contributed by atoms with Crippen molar-refractivity contribution in [1.82, 2.24) is 16.2 Å². The highest BCUT2D eigenvalue weighted by atomic mass is 32.2. The summed E-state index contributed by atoms with van der Waals surface area (Å²) in [7, 11) is 1.48. The number of ether oxygens (including phenoxy) is 3. The second kappa shape index (κ2) is 14.0. The fourth-order valence-electron chi connectivity index (χ4n) is 2.84. The quantitative estimate of drug-likeness (QED) is 0.393. The van der Waals surface area contributed by atoms with Gasteiger partial charge in [-0.25, -0.2) is 0 Å². The van der Waals surface area contributed by atoms with E-state index in [2.05, 4.69) is 16.2 Å². The fraction of sp³-hybridized carbons (Fsp3) is 0.375. The van der Waals surface area contributed by atoms with Crippen LogP contribution < -0.4 is 30.4 Å². The molecule has 1 unspecified atom stereocenters. The van der Waals surface area contributed by atoms with E-state index < -0.39 is 23.8 Å². The van der Waals surface area contributed by atoms with Crippen LogP contribution in [0.25, 0.3) is 0 Å². The molecule has 0 fully saturated rings. The van der Waals surface area contributed by atoms with E-state index in [4.69, 9.17) is 14.2 Å². The molecular formula is C24H31N3O6S. The molecule has 3 amide bonds. The van der Waals surface area contributed by atoms with Crippen molar-refractivity contribution in [3.8, 4) is 17.2 Å². The lowest BCUT2D eigenvalue weighted by Gasteiger charge is -2.19. The first-order chi connectivity index (χ1) is 16.3. The highest BCUT2D eigenvalue weighted by molar-refractivity contribution is 7.98. The minimum Gasteiger partial charge on any atom is -0.493 e. The minimum absolute atomic E-state index is 0.0561. The molecule has 2 aromatic carbocycles. The Bertz CT molecular complexity index is 955. The number of hydrazine groups is 1. The predicted molar refractivity (Wildman–Crippen MR) is 131 cm³/mol. The third-order valence-electron chi connectivity index (χ3n) is 4.46. The monoisotopic (exact) mass is 489 g/mol. The number of thioether (sulfide) groups is 1. The van der Waals surface area contributed by atoms with Crippen LogP contribution in [-0.4, -0.2) is 55.6 Å². The molecule has 0 aromatic heterocycles. The van der Waals surface area contributed by atoms with Gasteiger partial charge in [-0.3, -0.25) is 25.2 Å². The Morgan fingerprint density at radius 2 is 1.74 bits per heavy atom. The molecule has 10 heteroatoms. The molecule has 2 rings (SSSR count). The minimum atomic E-state index is -0.837. The molecule has 0 aliphatic heterocycles. The molecule has 0 aliphatic carbocycles. The highest BCUT2D eigenvalue weighted by Crippen LogP contribution is 2.28. The molecule has 0 bridgehead atoms. The van der Waals surface area contributed by atoms with Gasteiger partial charge in [0.1, 0.15) is 11.8 Å². The lowest BCUT2D eigenvalue weighted by Crippen LogP contribution is -2.53. The molecule has 0 spiro atoms. The molecule has 34 heavy (non-hydrogen) atoms. The highest BCUT2D eigenvalue weighted by Gasteiger charge is 2.22. The SMILES string of the molecule is COc1cc(C(=O)NNC(=O)C(CCSC)NC(=O)COc2ccccc2)ccc1OC(C)C. The second-order valence-electron chi connectivity index (χ2n) is 7.48. The molecule has 0 aliphatic rings. The molecule has 3 N–H and O–H groups in total. The molecule has 2 aromatic rings. The Hall–Kier alpha value is -3.40. The average molecular weight is 490 g/mol. The Balaban J connectivity index is 1.94. The van der Waals surface area contributed by atoms with Crippen LogP contribution in [0.3, 0.4) is 0 Å². The number of benzene rings is 2. The summed E-state index contributed by atoms with van der Waals surface area (Å²) in [6.07, 6.45) is 2.23. The molecule has 184 valence electrons. The van der Waals surface area contributed by atoms with E-state index in [0.29, 0.717) is 29.4 Å². The molecule has 0 saturated carbocycles. The first-order valence-corrected chi connectivity index (χ1v) is 12.1. The third-order valence-corrected chi connectivity index (χ3v) is 5.11. The summed E-state index contributed by atoms with van der Waals surface area (Å²) in [5, 5.41) is 2.65. The van der Waals surface area contributed by atoms with Gasteiger partial charge in [0.2, 0.25) is 0 Å². The zero-order chi connectivity index (χ0) is 24.9. The maximum absolute atomic E-state index is 12.7. The summed E-state index contributed by atoms with van der Waals surface area (Å²) in [4.78, 5) is 37.5. The molecule has 0 radical (unpaired) electrons.